The summed E-state index contributed by atoms with van der Waals surface area (Å²) < 4.78 is 0. The zero-order valence-corrected chi connectivity index (χ0v) is 5.76. The Morgan fingerprint density at radius 2 is 2.33 bits per heavy atom. The first kappa shape index (κ1) is 8.37. The molecule has 1 rings (SSSR count). The predicted octanol–water partition coefficient (Wildman–Crippen LogP) is 0.870. The summed E-state index contributed by atoms with van der Waals surface area (Å²) in [4.78, 5) is 9.94. The molecule has 0 radical (unpaired) electrons. The van der Waals surface area contributed by atoms with Gasteiger partial charge in [-0.15, -0.1) is 0 Å². The molecule has 0 aliphatic heterocycles. The zero-order chi connectivity index (χ0) is 7.11. The zero-order valence-electron chi connectivity index (χ0n) is 5.76. The van der Waals surface area contributed by atoms with E-state index in [1.807, 2.05) is 6.08 Å². The topological polar surface area (TPSA) is 43.1 Å². The van der Waals surface area contributed by atoms with Crippen LogP contribution < -0.4 is 5.73 Å². The number of aldehydes is 1. The minimum Gasteiger partial charge on any atom is -0.333 e. The fourth-order valence-electron chi connectivity index (χ4n) is 0.803. The Hall–Kier alpha value is -0.630. The molecule has 9 heavy (non-hydrogen) atoms. The summed E-state index contributed by atoms with van der Waals surface area (Å²) in [5.74, 6) is 0. The standard InChI is InChI=1S/C6H8O.CH5N/c7-5-6-3-1-2-4-6;1-2/h3,5H,1-2,4H2;2H2,1H3. The maximum absolute atomic E-state index is 9.94. The van der Waals surface area contributed by atoms with Gasteiger partial charge in [-0.2, -0.15) is 0 Å². The summed E-state index contributed by atoms with van der Waals surface area (Å²) in [7, 11) is 1.50. The van der Waals surface area contributed by atoms with Gasteiger partial charge in [0, 0.05) is 0 Å². The van der Waals surface area contributed by atoms with Crippen molar-refractivity contribution in [2.24, 2.45) is 5.73 Å². The second-order valence-corrected chi connectivity index (χ2v) is 1.79. The molecular weight excluding hydrogens is 114 g/mol. The highest BCUT2D eigenvalue weighted by molar-refractivity contribution is 5.73. The quantitative estimate of drug-likeness (QED) is 0.531. The first-order valence-electron chi connectivity index (χ1n) is 3.15. The van der Waals surface area contributed by atoms with Gasteiger partial charge >= 0.3 is 0 Å². The number of hydrogen-bond donors (Lipinski definition) is 1. The van der Waals surface area contributed by atoms with Crippen molar-refractivity contribution in [2.75, 3.05) is 7.05 Å². The van der Waals surface area contributed by atoms with E-state index in [0.717, 1.165) is 24.7 Å². The summed E-state index contributed by atoms with van der Waals surface area (Å²) >= 11 is 0. The molecule has 0 fully saturated rings. The number of hydrogen-bond acceptors (Lipinski definition) is 2. The molecule has 0 saturated heterocycles. The molecule has 1 aliphatic rings. The highest BCUT2D eigenvalue weighted by atomic mass is 16.1. The van der Waals surface area contributed by atoms with E-state index in [2.05, 4.69) is 5.73 Å². The molecule has 0 unspecified atom stereocenters. The van der Waals surface area contributed by atoms with E-state index in [0.29, 0.717) is 0 Å². The molecule has 0 saturated carbocycles. The van der Waals surface area contributed by atoms with Crippen LogP contribution >= 0.6 is 0 Å². The van der Waals surface area contributed by atoms with E-state index in [4.69, 9.17) is 0 Å². The highest BCUT2D eigenvalue weighted by Crippen LogP contribution is 2.14. The van der Waals surface area contributed by atoms with Crippen molar-refractivity contribution < 1.29 is 4.79 Å². The van der Waals surface area contributed by atoms with Crippen molar-refractivity contribution in [2.45, 2.75) is 19.3 Å². The minimum atomic E-state index is 0.951. The second kappa shape index (κ2) is 5.51. The Labute approximate surface area is 55.7 Å². The van der Waals surface area contributed by atoms with Crippen LogP contribution in [0.3, 0.4) is 0 Å². The third-order valence-electron chi connectivity index (χ3n) is 1.23. The van der Waals surface area contributed by atoms with Crippen LogP contribution in [0.4, 0.5) is 0 Å². The van der Waals surface area contributed by atoms with E-state index in [9.17, 15) is 4.79 Å². The largest absolute Gasteiger partial charge is 0.333 e. The molecule has 2 heteroatoms. The van der Waals surface area contributed by atoms with Crippen LogP contribution in [0, 0.1) is 0 Å². The highest BCUT2D eigenvalue weighted by Gasteiger charge is 1.99. The molecule has 2 N–H and O–H groups in total. The van der Waals surface area contributed by atoms with Gasteiger partial charge in [-0.05, 0) is 31.9 Å². The van der Waals surface area contributed by atoms with Crippen LogP contribution in [0.25, 0.3) is 0 Å². The third-order valence-corrected chi connectivity index (χ3v) is 1.23. The molecule has 0 aromatic heterocycles. The molecule has 0 amide bonds. The lowest BCUT2D eigenvalue weighted by molar-refractivity contribution is -0.105. The smallest absolute Gasteiger partial charge is 0.145 e. The Kier molecular flexibility index (Phi) is 5.12. The second-order valence-electron chi connectivity index (χ2n) is 1.79. The van der Waals surface area contributed by atoms with Crippen LogP contribution in [0.15, 0.2) is 11.6 Å². The molecule has 0 spiro atoms. The molecule has 0 bridgehead atoms. The molecule has 1 aliphatic carbocycles. The average molecular weight is 127 g/mol. The van der Waals surface area contributed by atoms with Gasteiger partial charge in [-0.3, -0.25) is 4.79 Å². The van der Waals surface area contributed by atoms with Gasteiger partial charge in [0.25, 0.3) is 0 Å². The summed E-state index contributed by atoms with van der Waals surface area (Å²) in [5.41, 5.74) is 5.49. The van der Waals surface area contributed by atoms with E-state index < -0.39 is 0 Å². The van der Waals surface area contributed by atoms with Crippen molar-refractivity contribution in [1.82, 2.24) is 0 Å². The molecule has 0 heterocycles. The van der Waals surface area contributed by atoms with Gasteiger partial charge < -0.3 is 5.73 Å². The van der Waals surface area contributed by atoms with Gasteiger partial charge in [-0.1, -0.05) is 6.08 Å². The molecule has 52 valence electrons. The molecule has 0 aromatic rings. The van der Waals surface area contributed by atoms with Crippen molar-refractivity contribution in [3.05, 3.63) is 11.6 Å². The summed E-state index contributed by atoms with van der Waals surface area (Å²) in [6.07, 6.45) is 6.24. The average Bonchev–Trinajstić information content (AvgIpc) is 2.43. The Morgan fingerprint density at radius 1 is 1.67 bits per heavy atom. The van der Waals surface area contributed by atoms with Crippen LogP contribution in [-0.2, 0) is 4.79 Å². The Bertz CT molecular complexity index is 107. The number of allylic oxidation sites excluding steroid dienone is 2. The summed E-state index contributed by atoms with van der Waals surface area (Å²) in [5, 5.41) is 0. The van der Waals surface area contributed by atoms with Gasteiger partial charge in [0.05, 0.1) is 0 Å². The van der Waals surface area contributed by atoms with Gasteiger partial charge in [0.2, 0.25) is 0 Å². The Morgan fingerprint density at radius 3 is 2.56 bits per heavy atom. The van der Waals surface area contributed by atoms with E-state index in [-0.39, 0.29) is 0 Å². The van der Waals surface area contributed by atoms with Crippen LogP contribution in [0.2, 0.25) is 0 Å². The monoisotopic (exact) mass is 127 g/mol. The lowest BCUT2D eigenvalue weighted by Crippen LogP contribution is -1.73. The van der Waals surface area contributed by atoms with Crippen molar-refractivity contribution in [3.8, 4) is 0 Å². The van der Waals surface area contributed by atoms with Gasteiger partial charge in [0.1, 0.15) is 6.29 Å². The van der Waals surface area contributed by atoms with Gasteiger partial charge in [-0.25, -0.2) is 0 Å². The summed E-state index contributed by atoms with van der Waals surface area (Å²) in [6.45, 7) is 0. The molecule has 0 atom stereocenters. The first-order valence-corrected chi connectivity index (χ1v) is 3.15. The maximum atomic E-state index is 9.94. The molecule has 0 aromatic carbocycles. The lowest BCUT2D eigenvalue weighted by Gasteiger charge is -1.79. The fraction of sp³-hybridized carbons (Fsp3) is 0.571. The lowest BCUT2D eigenvalue weighted by atomic mass is 10.3. The minimum absolute atomic E-state index is 0.951. The fourth-order valence-corrected chi connectivity index (χ4v) is 0.803. The van der Waals surface area contributed by atoms with Crippen LogP contribution in [-0.4, -0.2) is 13.3 Å². The maximum Gasteiger partial charge on any atom is 0.145 e. The van der Waals surface area contributed by atoms with Crippen LogP contribution in [0.5, 0.6) is 0 Å². The third kappa shape index (κ3) is 3.03. The Balaban J connectivity index is 0.000000291. The summed E-state index contributed by atoms with van der Waals surface area (Å²) in [6, 6.07) is 0. The number of nitrogens with two attached hydrogens (primary N) is 1. The number of rotatable bonds is 1. The normalized spacial score (nSPS) is 15.6. The number of carbonyl (C=O) groups is 1. The van der Waals surface area contributed by atoms with Gasteiger partial charge in [0.15, 0.2) is 0 Å². The SMILES string of the molecule is CN.O=CC1=CCCC1. The first-order chi connectivity index (χ1) is 4.43. The van der Waals surface area contributed by atoms with E-state index in [1.54, 1.807) is 0 Å². The van der Waals surface area contributed by atoms with Crippen molar-refractivity contribution in [3.63, 3.8) is 0 Å². The molecular formula is C7H13NO. The van der Waals surface area contributed by atoms with E-state index in [1.165, 1.54) is 13.5 Å². The number of carbonyl (C=O) groups excluding carboxylic acids is 1. The van der Waals surface area contributed by atoms with E-state index >= 15 is 0 Å². The van der Waals surface area contributed by atoms with Crippen molar-refractivity contribution in [1.29, 1.82) is 0 Å². The molecule has 2 nitrogen and oxygen atoms in total. The van der Waals surface area contributed by atoms with Crippen LogP contribution in [0.1, 0.15) is 19.3 Å². The van der Waals surface area contributed by atoms with Crippen molar-refractivity contribution >= 4 is 6.29 Å². The predicted molar refractivity (Wildman–Crippen MR) is 38.1 cm³/mol.